The van der Waals surface area contributed by atoms with Gasteiger partial charge in [0.25, 0.3) is 0 Å². The molecule has 1 heterocycles. The second-order valence-corrected chi connectivity index (χ2v) is 2.01. The van der Waals surface area contributed by atoms with Gasteiger partial charge in [-0.15, -0.1) is 0 Å². The van der Waals surface area contributed by atoms with Crippen molar-refractivity contribution in [1.29, 1.82) is 0 Å². The Morgan fingerprint density at radius 2 is 2.55 bits per heavy atom. The van der Waals surface area contributed by atoms with Crippen LogP contribution in [-0.4, -0.2) is 18.1 Å². The van der Waals surface area contributed by atoms with Gasteiger partial charge in [0.2, 0.25) is 0 Å². The van der Waals surface area contributed by atoms with E-state index in [0.29, 0.717) is 0 Å². The molecule has 0 fully saturated rings. The standard InChI is InChI=1S/C7H6ClNO2/c1-11-7(10)6-3-2-5(8)4-9-6/h2-4H,1H3/i2D,3D,4D. The van der Waals surface area contributed by atoms with Gasteiger partial charge in [0.15, 0.2) is 0 Å². The second kappa shape index (κ2) is 3.34. The summed E-state index contributed by atoms with van der Waals surface area (Å²) in [5.41, 5.74) is -0.369. The molecule has 0 saturated carbocycles. The van der Waals surface area contributed by atoms with E-state index in [9.17, 15) is 4.79 Å². The summed E-state index contributed by atoms with van der Waals surface area (Å²) in [6.07, 6.45) is -0.409. The van der Waals surface area contributed by atoms with Crippen LogP contribution in [0.25, 0.3) is 0 Å². The average molecular weight is 175 g/mol. The molecule has 1 rings (SSSR count). The van der Waals surface area contributed by atoms with Gasteiger partial charge in [-0.05, 0) is 12.1 Å². The summed E-state index contributed by atoms with van der Waals surface area (Å²) in [5.74, 6) is -0.853. The number of pyridine rings is 1. The molecule has 1 aromatic rings. The molecule has 4 heteroatoms. The summed E-state index contributed by atoms with van der Waals surface area (Å²) in [4.78, 5) is 14.5. The molecular weight excluding hydrogens is 166 g/mol. The van der Waals surface area contributed by atoms with Crippen molar-refractivity contribution >= 4 is 17.6 Å². The zero-order valence-electron chi connectivity index (χ0n) is 8.64. The van der Waals surface area contributed by atoms with E-state index in [0.717, 1.165) is 7.11 Å². The van der Waals surface area contributed by atoms with Crippen molar-refractivity contribution in [3.8, 4) is 0 Å². The summed E-state index contributed by atoms with van der Waals surface area (Å²) in [6, 6.07) is -0.829. The van der Waals surface area contributed by atoms with Gasteiger partial charge >= 0.3 is 5.97 Å². The number of esters is 1. The number of methoxy groups -OCH3 is 1. The number of hydrogen-bond donors (Lipinski definition) is 0. The van der Waals surface area contributed by atoms with Crippen LogP contribution in [0.1, 0.15) is 14.6 Å². The van der Waals surface area contributed by atoms with Crippen LogP contribution in [0.5, 0.6) is 0 Å². The summed E-state index contributed by atoms with van der Waals surface area (Å²) in [5, 5.41) is -0.248. The molecule has 0 amide bonds. The van der Waals surface area contributed by atoms with Crippen molar-refractivity contribution in [2.45, 2.75) is 0 Å². The van der Waals surface area contributed by atoms with E-state index < -0.39 is 24.2 Å². The van der Waals surface area contributed by atoms with Crippen molar-refractivity contribution in [3.05, 3.63) is 29.0 Å². The summed E-state index contributed by atoms with van der Waals surface area (Å²) in [7, 11) is 1.13. The Bertz CT molecular complexity index is 397. The minimum atomic E-state index is -0.853. The molecule has 0 unspecified atom stereocenters. The first kappa shape index (κ1) is 4.72. The smallest absolute Gasteiger partial charge is 0.356 e. The Kier molecular flexibility index (Phi) is 1.44. The fraction of sp³-hybridized carbons (Fsp3) is 0.143. The van der Waals surface area contributed by atoms with Crippen LogP contribution in [0.15, 0.2) is 18.3 Å². The third-order valence-electron chi connectivity index (χ3n) is 0.935. The highest BCUT2D eigenvalue weighted by molar-refractivity contribution is 6.30. The SMILES string of the molecule is [2H]c1nc(C(=O)OC)c([2H])c([2H])c1Cl. The second-order valence-electron chi connectivity index (χ2n) is 1.63. The maximum atomic E-state index is 11.0. The fourth-order valence-corrected chi connectivity index (χ4v) is 0.558. The van der Waals surface area contributed by atoms with Gasteiger partial charge in [-0.2, -0.15) is 0 Å². The van der Waals surface area contributed by atoms with Crippen molar-refractivity contribution in [2.75, 3.05) is 7.11 Å². The zero-order valence-corrected chi connectivity index (χ0v) is 6.40. The predicted octanol–water partition coefficient (Wildman–Crippen LogP) is 1.52. The van der Waals surface area contributed by atoms with Gasteiger partial charge in [0.05, 0.1) is 16.2 Å². The number of rotatable bonds is 1. The zero-order chi connectivity index (χ0) is 10.9. The van der Waals surface area contributed by atoms with Gasteiger partial charge < -0.3 is 4.74 Å². The quantitative estimate of drug-likeness (QED) is 0.606. The number of halogens is 1. The summed E-state index contributed by atoms with van der Waals surface area (Å²) in [6.45, 7) is 0. The van der Waals surface area contributed by atoms with Gasteiger partial charge in [0.1, 0.15) is 5.69 Å². The van der Waals surface area contributed by atoms with E-state index in [-0.39, 0.29) is 10.7 Å². The van der Waals surface area contributed by atoms with E-state index in [1.54, 1.807) is 0 Å². The largest absolute Gasteiger partial charge is 0.464 e. The molecule has 0 spiro atoms. The fourth-order valence-electron chi connectivity index (χ4n) is 0.468. The van der Waals surface area contributed by atoms with E-state index >= 15 is 0 Å². The highest BCUT2D eigenvalue weighted by Gasteiger charge is 2.04. The molecule has 58 valence electrons. The molecule has 0 aliphatic heterocycles. The molecule has 0 aliphatic rings. The van der Waals surface area contributed by atoms with Gasteiger partial charge in [-0.1, -0.05) is 11.6 Å². The van der Waals surface area contributed by atoms with Crippen LogP contribution in [0.2, 0.25) is 5.02 Å². The van der Waals surface area contributed by atoms with Crippen LogP contribution in [-0.2, 0) is 4.74 Å². The molecular formula is C7H6ClNO2. The molecule has 0 atom stereocenters. The summed E-state index contributed by atoms with van der Waals surface area (Å²) < 4.78 is 26.2. The number of carbonyl (C=O) groups excluding carboxylic acids is 1. The lowest BCUT2D eigenvalue weighted by Crippen LogP contribution is -2.02. The highest BCUT2D eigenvalue weighted by Crippen LogP contribution is 2.06. The van der Waals surface area contributed by atoms with Crippen LogP contribution in [0, 0.1) is 0 Å². The third-order valence-corrected chi connectivity index (χ3v) is 1.11. The number of hydrogen-bond acceptors (Lipinski definition) is 3. The van der Waals surface area contributed by atoms with Crippen molar-refractivity contribution in [1.82, 2.24) is 4.98 Å². The molecule has 0 saturated heterocycles. The normalized spacial score (nSPS) is 13.1. The Labute approximate surface area is 73.2 Å². The van der Waals surface area contributed by atoms with Crippen LogP contribution in [0.4, 0.5) is 0 Å². The molecule has 11 heavy (non-hydrogen) atoms. The summed E-state index contributed by atoms with van der Waals surface area (Å²) >= 11 is 5.49. The van der Waals surface area contributed by atoms with Crippen LogP contribution in [0.3, 0.4) is 0 Å². The van der Waals surface area contributed by atoms with E-state index in [1.165, 1.54) is 0 Å². The first-order valence-corrected chi connectivity index (χ1v) is 3.08. The van der Waals surface area contributed by atoms with E-state index in [4.69, 9.17) is 15.7 Å². The van der Waals surface area contributed by atoms with Crippen molar-refractivity contribution in [3.63, 3.8) is 0 Å². The lowest BCUT2D eigenvalue weighted by Gasteiger charge is -1.96. The molecule has 1 aromatic heterocycles. The molecule has 0 radical (unpaired) electrons. The lowest BCUT2D eigenvalue weighted by atomic mass is 10.3. The van der Waals surface area contributed by atoms with Gasteiger partial charge in [0, 0.05) is 6.17 Å². The number of nitrogens with zero attached hydrogens (tertiary/aromatic N) is 1. The molecule has 0 N–H and O–H groups in total. The Hall–Kier alpha value is -1.09. The minimum Gasteiger partial charge on any atom is -0.464 e. The maximum absolute atomic E-state index is 11.0. The average Bonchev–Trinajstić information content (AvgIpc) is 2.19. The molecule has 0 aromatic carbocycles. The minimum absolute atomic E-state index is 0.248. The van der Waals surface area contributed by atoms with Crippen molar-refractivity contribution in [2.24, 2.45) is 0 Å². The van der Waals surface area contributed by atoms with Gasteiger partial charge in [-0.3, -0.25) is 0 Å². The Morgan fingerprint density at radius 1 is 1.82 bits per heavy atom. The molecule has 0 bridgehead atoms. The molecule has 0 aliphatic carbocycles. The first-order valence-electron chi connectivity index (χ1n) is 4.20. The van der Waals surface area contributed by atoms with E-state index in [1.807, 2.05) is 0 Å². The maximum Gasteiger partial charge on any atom is 0.356 e. The monoisotopic (exact) mass is 174 g/mol. The van der Waals surface area contributed by atoms with Crippen LogP contribution < -0.4 is 0 Å². The number of ether oxygens (including phenoxy) is 1. The van der Waals surface area contributed by atoms with E-state index in [2.05, 4.69) is 9.72 Å². The Balaban J connectivity index is 3.40. The predicted molar refractivity (Wildman–Crippen MR) is 40.6 cm³/mol. The lowest BCUT2D eigenvalue weighted by molar-refractivity contribution is 0.0594. The Morgan fingerprint density at radius 3 is 3.18 bits per heavy atom. The highest BCUT2D eigenvalue weighted by atomic mass is 35.5. The first-order chi connectivity index (χ1) is 6.49. The number of aromatic nitrogens is 1. The third kappa shape index (κ3) is 1.91. The van der Waals surface area contributed by atoms with Gasteiger partial charge in [-0.25, -0.2) is 9.78 Å². The number of carbonyl (C=O) groups is 1. The molecule has 3 nitrogen and oxygen atoms in total. The van der Waals surface area contributed by atoms with Crippen LogP contribution >= 0.6 is 11.6 Å². The topological polar surface area (TPSA) is 39.2 Å². The van der Waals surface area contributed by atoms with Crippen molar-refractivity contribution < 1.29 is 13.6 Å².